The van der Waals surface area contributed by atoms with E-state index in [1.165, 1.54) is 28.0 Å². The minimum atomic E-state index is 0.490. The van der Waals surface area contributed by atoms with Crippen molar-refractivity contribution in [1.82, 2.24) is 5.32 Å². The first-order valence-electron chi connectivity index (χ1n) is 7.96. The van der Waals surface area contributed by atoms with Gasteiger partial charge >= 0.3 is 0 Å². The number of benzene rings is 2. The molecule has 0 saturated heterocycles. The molecule has 1 heterocycles. The van der Waals surface area contributed by atoms with Crippen molar-refractivity contribution in [3.8, 4) is 0 Å². The summed E-state index contributed by atoms with van der Waals surface area (Å²) in [6, 6.07) is 17.5. The summed E-state index contributed by atoms with van der Waals surface area (Å²) in [6.07, 6.45) is 2.41. The zero-order valence-corrected chi connectivity index (χ0v) is 13.6. The van der Waals surface area contributed by atoms with Gasteiger partial charge in [-0.3, -0.25) is 0 Å². The summed E-state index contributed by atoms with van der Waals surface area (Å²) >= 11 is 0. The predicted molar refractivity (Wildman–Crippen MR) is 95.2 cm³/mol. The van der Waals surface area contributed by atoms with Crippen molar-refractivity contribution >= 4 is 11.3 Å². The zero-order valence-electron chi connectivity index (χ0n) is 13.6. The normalized spacial score (nSPS) is 16.9. The summed E-state index contributed by atoms with van der Waals surface area (Å²) in [5.41, 5.74) is 6.75. The van der Waals surface area contributed by atoms with Gasteiger partial charge in [-0.05, 0) is 35.7 Å². The topological polar surface area (TPSA) is 15.3 Å². The SMILES string of the molecule is CNCC(C)/C=C1\c2ccccc2CN(C)c2ccccc21. The van der Waals surface area contributed by atoms with Crippen molar-refractivity contribution in [2.45, 2.75) is 13.5 Å². The van der Waals surface area contributed by atoms with Gasteiger partial charge in [0, 0.05) is 31.4 Å². The Morgan fingerprint density at radius 2 is 1.77 bits per heavy atom. The van der Waals surface area contributed by atoms with E-state index >= 15 is 0 Å². The van der Waals surface area contributed by atoms with Crippen LogP contribution in [0.15, 0.2) is 54.6 Å². The molecule has 0 bridgehead atoms. The molecule has 0 spiro atoms. The molecule has 0 aliphatic carbocycles. The lowest BCUT2D eigenvalue weighted by atomic mass is 9.91. The first-order chi connectivity index (χ1) is 10.7. The van der Waals surface area contributed by atoms with Gasteiger partial charge in [-0.25, -0.2) is 0 Å². The molecule has 0 radical (unpaired) electrons. The highest BCUT2D eigenvalue weighted by Gasteiger charge is 2.20. The van der Waals surface area contributed by atoms with Crippen LogP contribution in [0, 0.1) is 5.92 Å². The number of hydrogen-bond donors (Lipinski definition) is 1. The van der Waals surface area contributed by atoms with Crippen LogP contribution in [-0.4, -0.2) is 20.6 Å². The fourth-order valence-corrected chi connectivity index (χ4v) is 3.29. The number of fused-ring (bicyclic) bond motifs is 2. The Labute approximate surface area is 133 Å². The van der Waals surface area contributed by atoms with Gasteiger partial charge < -0.3 is 10.2 Å². The van der Waals surface area contributed by atoms with E-state index in [1.54, 1.807) is 0 Å². The van der Waals surface area contributed by atoms with Gasteiger partial charge in [0.05, 0.1) is 0 Å². The number of anilines is 1. The van der Waals surface area contributed by atoms with E-state index in [4.69, 9.17) is 0 Å². The molecule has 2 aromatic rings. The molecule has 0 amide bonds. The molecule has 1 atom stereocenters. The lowest BCUT2D eigenvalue weighted by Gasteiger charge is -2.19. The van der Waals surface area contributed by atoms with E-state index in [1.807, 2.05) is 7.05 Å². The molecule has 22 heavy (non-hydrogen) atoms. The third-order valence-corrected chi connectivity index (χ3v) is 4.30. The van der Waals surface area contributed by atoms with Crippen molar-refractivity contribution in [2.24, 2.45) is 5.92 Å². The van der Waals surface area contributed by atoms with Crippen LogP contribution < -0.4 is 10.2 Å². The number of hydrogen-bond acceptors (Lipinski definition) is 2. The summed E-state index contributed by atoms with van der Waals surface area (Å²) in [5, 5.41) is 3.27. The Kier molecular flexibility index (Phi) is 4.30. The smallest absolute Gasteiger partial charge is 0.0446 e. The van der Waals surface area contributed by atoms with Gasteiger partial charge in [-0.2, -0.15) is 0 Å². The van der Waals surface area contributed by atoms with Crippen molar-refractivity contribution in [3.63, 3.8) is 0 Å². The van der Waals surface area contributed by atoms with E-state index in [0.717, 1.165) is 13.1 Å². The van der Waals surface area contributed by atoms with Gasteiger partial charge in [0.15, 0.2) is 0 Å². The van der Waals surface area contributed by atoms with Gasteiger partial charge in [0.1, 0.15) is 0 Å². The summed E-state index contributed by atoms with van der Waals surface area (Å²) in [4.78, 5) is 2.34. The van der Waals surface area contributed by atoms with E-state index in [-0.39, 0.29) is 0 Å². The highest BCUT2D eigenvalue weighted by Crippen LogP contribution is 2.37. The fraction of sp³-hybridized carbons (Fsp3) is 0.300. The minimum Gasteiger partial charge on any atom is -0.370 e. The number of nitrogens with one attached hydrogen (secondary N) is 1. The predicted octanol–water partition coefficient (Wildman–Crippen LogP) is 3.92. The second-order valence-electron chi connectivity index (χ2n) is 6.15. The summed E-state index contributed by atoms with van der Waals surface area (Å²) in [5.74, 6) is 0.490. The van der Waals surface area contributed by atoms with Crippen LogP contribution in [0.4, 0.5) is 5.69 Å². The second-order valence-corrected chi connectivity index (χ2v) is 6.15. The van der Waals surface area contributed by atoms with Crippen LogP contribution in [0.5, 0.6) is 0 Å². The Balaban J connectivity index is 2.20. The number of rotatable bonds is 3. The van der Waals surface area contributed by atoms with Gasteiger partial charge in [-0.15, -0.1) is 0 Å². The van der Waals surface area contributed by atoms with Gasteiger partial charge in [0.25, 0.3) is 0 Å². The molecule has 0 fully saturated rings. The molecule has 114 valence electrons. The van der Waals surface area contributed by atoms with Crippen LogP contribution >= 0.6 is 0 Å². The number of para-hydroxylation sites is 1. The summed E-state index contributed by atoms with van der Waals surface area (Å²) in [6.45, 7) is 4.21. The molecule has 2 heteroatoms. The maximum Gasteiger partial charge on any atom is 0.0446 e. The van der Waals surface area contributed by atoms with Crippen molar-refractivity contribution in [2.75, 3.05) is 25.5 Å². The van der Waals surface area contributed by atoms with Crippen molar-refractivity contribution in [1.29, 1.82) is 0 Å². The first kappa shape index (κ1) is 14.9. The first-order valence-corrected chi connectivity index (χ1v) is 7.96. The molecule has 2 aromatic carbocycles. The van der Waals surface area contributed by atoms with Crippen LogP contribution in [0.25, 0.3) is 5.57 Å². The zero-order chi connectivity index (χ0) is 15.5. The van der Waals surface area contributed by atoms with E-state index in [9.17, 15) is 0 Å². The van der Waals surface area contributed by atoms with Crippen LogP contribution in [0.1, 0.15) is 23.6 Å². The molecule has 1 aliphatic heterocycles. The monoisotopic (exact) mass is 292 g/mol. The average molecular weight is 292 g/mol. The third-order valence-electron chi connectivity index (χ3n) is 4.30. The van der Waals surface area contributed by atoms with Crippen LogP contribution in [0.3, 0.4) is 0 Å². The Morgan fingerprint density at radius 3 is 2.55 bits per heavy atom. The van der Waals surface area contributed by atoms with Gasteiger partial charge in [-0.1, -0.05) is 55.5 Å². The summed E-state index contributed by atoms with van der Waals surface area (Å²) in [7, 11) is 4.19. The van der Waals surface area contributed by atoms with E-state index in [2.05, 4.69) is 78.8 Å². The fourth-order valence-electron chi connectivity index (χ4n) is 3.29. The van der Waals surface area contributed by atoms with E-state index < -0.39 is 0 Å². The van der Waals surface area contributed by atoms with Gasteiger partial charge in [0.2, 0.25) is 0 Å². The molecule has 0 aromatic heterocycles. The molecule has 2 nitrogen and oxygen atoms in total. The van der Waals surface area contributed by atoms with Crippen LogP contribution in [0.2, 0.25) is 0 Å². The highest BCUT2D eigenvalue weighted by molar-refractivity contribution is 5.89. The third kappa shape index (κ3) is 2.79. The Morgan fingerprint density at radius 1 is 1.09 bits per heavy atom. The molecule has 0 saturated carbocycles. The van der Waals surface area contributed by atoms with Crippen LogP contribution in [-0.2, 0) is 6.54 Å². The van der Waals surface area contributed by atoms with Crippen molar-refractivity contribution in [3.05, 3.63) is 71.3 Å². The average Bonchev–Trinajstić information content (AvgIpc) is 2.64. The molecular formula is C20H24N2. The Hall–Kier alpha value is -2.06. The Bertz CT molecular complexity index is 688. The standard InChI is InChI=1S/C20H24N2/c1-15(13-21-2)12-19-17-9-5-4-8-16(17)14-22(3)20-11-7-6-10-18(19)20/h4-12,15,21H,13-14H2,1-3H3/b19-12+. The van der Waals surface area contributed by atoms with E-state index in [0.29, 0.717) is 5.92 Å². The quantitative estimate of drug-likeness (QED) is 0.922. The van der Waals surface area contributed by atoms with Crippen molar-refractivity contribution < 1.29 is 0 Å². The second kappa shape index (κ2) is 6.37. The molecule has 1 unspecified atom stereocenters. The maximum absolute atomic E-state index is 3.27. The molecule has 1 aliphatic rings. The minimum absolute atomic E-state index is 0.490. The molecular weight excluding hydrogens is 268 g/mol. The highest BCUT2D eigenvalue weighted by atomic mass is 15.1. The molecule has 3 rings (SSSR count). The lowest BCUT2D eigenvalue weighted by Crippen LogP contribution is -2.16. The number of nitrogens with zero attached hydrogens (tertiary/aromatic N) is 1. The lowest BCUT2D eigenvalue weighted by molar-refractivity contribution is 0.651. The maximum atomic E-state index is 3.27. The molecule has 1 N–H and O–H groups in total. The largest absolute Gasteiger partial charge is 0.370 e. The summed E-state index contributed by atoms with van der Waals surface area (Å²) < 4.78 is 0.